The van der Waals surface area contributed by atoms with E-state index in [0.717, 1.165) is 11.1 Å². The number of carbonyl (C=O) groups excluding carboxylic acids is 3. The lowest BCUT2D eigenvalue weighted by Crippen LogP contribution is -2.29. The second-order valence-corrected chi connectivity index (χ2v) is 9.75. The van der Waals surface area contributed by atoms with Crippen LogP contribution in [-0.2, 0) is 14.4 Å². The first-order valence-corrected chi connectivity index (χ1v) is 12.5. The molecule has 1 atom stereocenters. The number of rotatable bonds is 6. The van der Waals surface area contributed by atoms with Gasteiger partial charge in [0.15, 0.2) is 11.5 Å². The first-order valence-electron chi connectivity index (χ1n) is 11.8. The minimum Gasteiger partial charge on any atom is -0.507 e. The molecular weight excluding hydrogens is 545 g/mol. The van der Waals surface area contributed by atoms with E-state index in [9.17, 15) is 19.5 Å². The Balaban J connectivity index is 2.04. The summed E-state index contributed by atoms with van der Waals surface area (Å²) in [7, 11) is 2.71. The molecule has 0 spiro atoms. The van der Waals surface area contributed by atoms with Crippen molar-refractivity contribution < 1.29 is 33.7 Å². The van der Waals surface area contributed by atoms with E-state index in [4.69, 9.17) is 37.4 Å². The zero-order valence-electron chi connectivity index (χ0n) is 21.8. The molecule has 0 aliphatic carbocycles. The fraction of sp³-hybridized carbons (Fsp3) is 0.207. The molecule has 10 heteroatoms. The van der Waals surface area contributed by atoms with Crippen LogP contribution in [0, 0.1) is 13.8 Å². The van der Waals surface area contributed by atoms with Crippen molar-refractivity contribution in [1.29, 1.82) is 0 Å². The highest BCUT2D eigenvalue weighted by atomic mass is 35.5. The second-order valence-electron chi connectivity index (χ2n) is 8.97. The van der Waals surface area contributed by atoms with Crippen molar-refractivity contribution in [3.05, 3.63) is 86.4 Å². The number of methoxy groups -OCH3 is 2. The molecule has 1 N–H and O–H groups in total. The summed E-state index contributed by atoms with van der Waals surface area (Å²) in [6, 6.07) is 12.1. The smallest absolute Gasteiger partial charge is 0.308 e. The zero-order chi connectivity index (χ0) is 28.6. The maximum Gasteiger partial charge on any atom is 0.308 e. The summed E-state index contributed by atoms with van der Waals surface area (Å²) < 4.78 is 15.9. The molecule has 202 valence electrons. The Morgan fingerprint density at radius 2 is 1.59 bits per heavy atom. The van der Waals surface area contributed by atoms with Gasteiger partial charge in [-0.1, -0.05) is 41.4 Å². The van der Waals surface area contributed by atoms with E-state index in [1.54, 1.807) is 30.3 Å². The Morgan fingerprint density at radius 1 is 0.949 bits per heavy atom. The predicted octanol–water partition coefficient (Wildman–Crippen LogP) is 6.18. The fourth-order valence-electron chi connectivity index (χ4n) is 4.71. The number of ether oxygens (including phenoxy) is 3. The summed E-state index contributed by atoms with van der Waals surface area (Å²) in [4.78, 5) is 40.1. The van der Waals surface area contributed by atoms with Gasteiger partial charge in [0.1, 0.15) is 16.5 Å². The molecular formula is C29H25Cl2NO7. The number of esters is 1. The van der Waals surface area contributed by atoms with Crippen molar-refractivity contribution >= 4 is 52.3 Å². The summed E-state index contributed by atoms with van der Waals surface area (Å²) >= 11 is 12.8. The Labute approximate surface area is 235 Å². The van der Waals surface area contributed by atoms with Crippen LogP contribution >= 0.6 is 23.2 Å². The Bertz CT molecular complexity index is 1530. The third-order valence-corrected chi connectivity index (χ3v) is 6.78. The van der Waals surface area contributed by atoms with Crippen LogP contribution in [0.15, 0.2) is 54.1 Å². The van der Waals surface area contributed by atoms with E-state index in [0.29, 0.717) is 11.3 Å². The van der Waals surface area contributed by atoms with Crippen LogP contribution in [0.5, 0.6) is 17.2 Å². The van der Waals surface area contributed by atoms with E-state index in [2.05, 4.69) is 0 Å². The van der Waals surface area contributed by atoms with Crippen molar-refractivity contribution in [2.24, 2.45) is 0 Å². The molecule has 3 aromatic rings. The average molecular weight is 570 g/mol. The molecule has 3 aromatic carbocycles. The number of amides is 1. The van der Waals surface area contributed by atoms with Gasteiger partial charge in [0, 0.05) is 12.6 Å². The number of hydrogen-bond donors (Lipinski definition) is 1. The topological polar surface area (TPSA) is 102 Å². The lowest BCUT2D eigenvalue weighted by Gasteiger charge is -2.26. The maximum atomic E-state index is 13.6. The highest BCUT2D eigenvalue weighted by Gasteiger charge is 2.47. The summed E-state index contributed by atoms with van der Waals surface area (Å²) in [5, 5.41) is 11.6. The molecule has 8 nitrogen and oxygen atoms in total. The van der Waals surface area contributed by atoms with Crippen LogP contribution in [0.2, 0.25) is 10.0 Å². The van der Waals surface area contributed by atoms with Gasteiger partial charge < -0.3 is 19.3 Å². The number of Topliss-reactive ketones (excluding diaryl/α,β-unsaturated/α-hetero) is 1. The van der Waals surface area contributed by atoms with Crippen LogP contribution in [0.4, 0.5) is 5.69 Å². The quantitative estimate of drug-likeness (QED) is 0.124. The molecule has 39 heavy (non-hydrogen) atoms. The van der Waals surface area contributed by atoms with Crippen molar-refractivity contribution in [1.82, 2.24) is 0 Å². The number of carbonyl (C=O) groups is 3. The normalized spacial score (nSPS) is 16.4. The molecule has 0 bridgehead atoms. The van der Waals surface area contributed by atoms with E-state index < -0.39 is 29.5 Å². The number of ketones is 1. The molecule has 1 amide bonds. The van der Waals surface area contributed by atoms with Gasteiger partial charge in [-0.15, -0.1) is 0 Å². The Kier molecular flexibility index (Phi) is 7.90. The average Bonchev–Trinajstić information content (AvgIpc) is 3.13. The minimum atomic E-state index is -1.09. The van der Waals surface area contributed by atoms with Crippen molar-refractivity contribution in [2.75, 3.05) is 19.1 Å². The van der Waals surface area contributed by atoms with Crippen LogP contribution in [-0.4, -0.2) is 37.0 Å². The molecule has 0 radical (unpaired) electrons. The summed E-state index contributed by atoms with van der Waals surface area (Å²) in [5.41, 5.74) is 2.37. The molecule has 1 aliphatic heterocycles. The highest BCUT2D eigenvalue weighted by Crippen LogP contribution is 2.48. The third-order valence-electron chi connectivity index (χ3n) is 6.16. The number of aliphatic hydroxyl groups excluding tert-OH is 1. The van der Waals surface area contributed by atoms with Gasteiger partial charge in [-0.25, -0.2) is 0 Å². The summed E-state index contributed by atoms with van der Waals surface area (Å²) in [5.74, 6) is -2.55. The summed E-state index contributed by atoms with van der Waals surface area (Å²) in [6.45, 7) is 5.00. The third kappa shape index (κ3) is 5.17. The first-order chi connectivity index (χ1) is 18.5. The minimum absolute atomic E-state index is 0.000398. The van der Waals surface area contributed by atoms with Crippen molar-refractivity contribution in [2.45, 2.75) is 26.8 Å². The fourth-order valence-corrected chi connectivity index (χ4v) is 5.40. The Morgan fingerprint density at radius 3 is 2.18 bits per heavy atom. The lowest BCUT2D eigenvalue weighted by molar-refractivity contribution is -0.132. The second kappa shape index (κ2) is 11.0. The van der Waals surface area contributed by atoms with E-state index in [-0.39, 0.29) is 38.4 Å². The van der Waals surface area contributed by atoms with Crippen LogP contribution < -0.4 is 19.1 Å². The van der Waals surface area contributed by atoms with Gasteiger partial charge in [-0.3, -0.25) is 19.3 Å². The van der Waals surface area contributed by atoms with Gasteiger partial charge in [-0.05, 0) is 60.9 Å². The van der Waals surface area contributed by atoms with Crippen LogP contribution in [0.1, 0.15) is 35.2 Å². The molecule has 0 saturated carbocycles. The highest BCUT2D eigenvalue weighted by molar-refractivity contribution is 6.52. The van der Waals surface area contributed by atoms with E-state index >= 15 is 0 Å². The van der Waals surface area contributed by atoms with E-state index in [1.165, 1.54) is 38.2 Å². The van der Waals surface area contributed by atoms with Gasteiger partial charge >= 0.3 is 5.97 Å². The molecule has 1 saturated heterocycles. The van der Waals surface area contributed by atoms with Crippen LogP contribution in [0.3, 0.4) is 0 Å². The molecule has 0 aromatic heterocycles. The lowest BCUT2D eigenvalue weighted by atomic mass is 9.94. The number of aliphatic hydroxyl groups is 1. The SMILES string of the molecule is COc1c(Cl)cc(/C(O)=C2\C(=O)C(=O)N(c3cc(C)cc(C)c3)C2c2cccc(OC(C)=O)c2)c(OC)c1Cl. The van der Waals surface area contributed by atoms with Crippen molar-refractivity contribution in [3.8, 4) is 17.2 Å². The molecule has 1 heterocycles. The first kappa shape index (κ1) is 28.0. The molecule has 1 fully saturated rings. The number of aryl methyl sites for hydroxylation is 2. The molecule has 4 rings (SSSR count). The maximum absolute atomic E-state index is 13.6. The number of halogens is 2. The predicted molar refractivity (Wildman–Crippen MR) is 148 cm³/mol. The largest absolute Gasteiger partial charge is 0.507 e. The Hall–Kier alpha value is -4.01. The van der Waals surface area contributed by atoms with Gasteiger partial charge in [0.25, 0.3) is 11.7 Å². The van der Waals surface area contributed by atoms with E-state index in [1.807, 2.05) is 19.9 Å². The summed E-state index contributed by atoms with van der Waals surface area (Å²) in [6.07, 6.45) is 0. The number of hydrogen-bond acceptors (Lipinski definition) is 7. The van der Waals surface area contributed by atoms with Gasteiger partial charge in [0.2, 0.25) is 0 Å². The molecule has 1 unspecified atom stereocenters. The monoisotopic (exact) mass is 569 g/mol. The standard InChI is InChI=1S/C29H25Cl2NO7/c1-14-9-15(2)11-18(10-14)32-24(17-7-6-8-19(12-17)39-16(3)33)22(26(35)29(32)36)25(34)20-13-21(30)28(38-5)23(31)27(20)37-4/h6-13,24,34H,1-5H3/b25-22+. The number of anilines is 1. The van der Waals surface area contributed by atoms with Crippen molar-refractivity contribution in [3.63, 3.8) is 0 Å². The number of benzene rings is 3. The van der Waals surface area contributed by atoms with Crippen LogP contribution in [0.25, 0.3) is 5.76 Å². The molecule has 1 aliphatic rings. The zero-order valence-corrected chi connectivity index (χ0v) is 23.3. The number of nitrogens with zero attached hydrogens (tertiary/aromatic N) is 1. The van der Waals surface area contributed by atoms with Gasteiger partial charge in [-0.2, -0.15) is 0 Å². The van der Waals surface area contributed by atoms with Gasteiger partial charge in [0.05, 0.1) is 36.4 Å².